The van der Waals surface area contributed by atoms with Crippen molar-refractivity contribution in [1.29, 1.82) is 0 Å². The summed E-state index contributed by atoms with van der Waals surface area (Å²) in [7, 11) is -9.92. The molecule has 0 aliphatic rings. The van der Waals surface area contributed by atoms with E-state index in [2.05, 4.69) is 55.4 Å². The molecule has 0 radical (unpaired) electrons. The Bertz CT molecular complexity index is 1960. The van der Waals surface area contributed by atoms with E-state index < -0.39 is 97.5 Å². The highest BCUT2D eigenvalue weighted by atomic mass is 31.2. The molecule has 0 spiro atoms. The monoisotopic (exact) mass is 1470 g/mol. The molecule has 3 N–H and O–H groups in total. The van der Waals surface area contributed by atoms with E-state index in [1.807, 2.05) is 0 Å². The van der Waals surface area contributed by atoms with E-state index in [0.717, 1.165) is 114 Å². The Morgan fingerprint density at radius 2 is 0.480 bits per heavy atom. The fourth-order valence-corrected chi connectivity index (χ4v) is 13.9. The Morgan fingerprint density at radius 3 is 0.710 bits per heavy atom. The largest absolute Gasteiger partial charge is 0.472 e. The van der Waals surface area contributed by atoms with Crippen molar-refractivity contribution >= 4 is 39.5 Å². The van der Waals surface area contributed by atoms with Gasteiger partial charge in [0, 0.05) is 25.7 Å². The number of phosphoric ester groups is 2. The highest BCUT2D eigenvalue weighted by Gasteiger charge is 2.30. The minimum atomic E-state index is -4.96. The SMILES string of the molecule is CCC(C)CCCCCCCCCCCCCCCCCCCCC(=O)O[C@H](COC(=O)CCCCCCCCCC(C)C)COP(=O)(O)OCC(O)COP(=O)(O)OC[C@@H](COC(=O)CCCCCCCCCCCCCC(C)C)OC(=O)CCCCCCCCCCCCC(C)CC. The Morgan fingerprint density at radius 1 is 0.280 bits per heavy atom. The maximum Gasteiger partial charge on any atom is 0.472 e. The van der Waals surface area contributed by atoms with Gasteiger partial charge in [-0.05, 0) is 49.4 Å². The third-order valence-electron chi connectivity index (χ3n) is 19.5. The smallest absolute Gasteiger partial charge is 0.462 e. The van der Waals surface area contributed by atoms with Crippen LogP contribution in [0.15, 0.2) is 0 Å². The second-order valence-electron chi connectivity index (χ2n) is 30.6. The van der Waals surface area contributed by atoms with Crippen molar-refractivity contribution in [2.45, 2.75) is 433 Å². The van der Waals surface area contributed by atoms with Crippen LogP contribution in [0.1, 0.15) is 415 Å². The molecule has 19 heteroatoms. The topological polar surface area (TPSA) is 237 Å². The number of carbonyl (C=O) groups excluding carboxylic acids is 4. The van der Waals surface area contributed by atoms with Gasteiger partial charge in [0.05, 0.1) is 26.4 Å². The second-order valence-corrected chi connectivity index (χ2v) is 33.5. The van der Waals surface area contributed by atoms with Crippen LogP contribution < -0.4 is 0 Å². The number of esters is 4. The first-order valence-corrected chi connectivity index (χ1v) is 44.8. The summed E-state index contributed by atoms with van der Waals surface area (Å²) >= 11 is 0. The Balaban J connectivity index is 5.20. The van der Waals surface area contributed by atoms with Gasteiger partial charge in [-0.3, -0.25) is 37.3 Å². The maximum absolute atomic E-state index is 13.1. The van der Waals surface area contributed by atoms with Crippen LogP contribution in [-0.2, 0) is 65.4 Å². The summed E-state index contributed by atoms with van der Waals surface area (Å²) in [5.74, 6) is 1.03. The lowest BCUT2D eigenvalue weighted by molar-refractivity contribution is -0.161. The van der Waals surface area contributed by atoms with Gasteiger partial charge in [0.25, 0.3) is 0 Å². The van der Waals surface area contributed by atoms with Gasteiger partial charge in [0.1, 0.15) is 19.3 Å². The summed E-state index contributed by atoms with van der Waals surface area (Å²) in [5, 5.41) is 10.6. The van der Waals surface area contributed by atoms with Crippen LogP contribution in [0.3, 0.4) is 0 Å². The molecule has 0 fully saturated rings. The van der Waals surface area contributed by atoms with Crippen molar-refractivity contribution in [1.82, 2.24) is 0 Å². The first-order valence-electron chi connectivity index (χ1n) is 41.8. The van der Waals surface area contributed by atoms with Crippen LogP contribution in [0.25, 0.3) is 0 Å². The molecule has 0 aromatic heterocycles. The third-order valence-corrected chi connectivity index (χ3v) is 21.4. The molecule has 0 saturated heterocycles. The molecule has 0 aromatic carbocycles. The van der Waals surface area contributed by atoms with Gasteiger partial charge in [-0.25, -0.2) is 9.13 Å². The standard InChI is InChI=1S/C81H158O17P2/c1-9-73(7)59-51-43-35-27-21-17-15-13-11-12-14-16-18-22-30-38-47-55-63-80(85)98-77(68-92-79(84)62-54-46-40-32-34-42-50-58-72(5)6)70-96-100(89,90)94-66-75(82)65-93-99(87,88)95-69-76(97-81(86)64-56-48-39-31-25-24-28-36-44-52-60-74(8)10-2)67-91-78(83)61-53-45-37-29-23-19-20-26-33-41-49-57-71(3)4/h71-77,82H,9-70H2,1-8H3,(H,87,88)(H,89,90)/t73?,74?,75?,76-,77-/m1/s1. The van der Waals surface area contributed by atoms with Gasteiger partial charge in [0.2, 0.25) is 0 Å². The van der Waals surface area contributed by atoms with E-state index in [9.17, 15) is 43.2 Å². The molecule has 0 saturated carbocycles. The van der Waals surface area contributed by atoms with Crippen LogP contribution in [0, 0.1) is 23.7 Å². The fraction of sp³-hybridized carbons (Fsp3) is 0.951. The number of hydrogen-bond acceptors (Lipinski definition) is 15. The van der Waals surface area contributed by atoms with E-state index in [0.29, 0.717) is 31.6 Å². The van der Waals surface area contributed by atoms with Crippen LogP contribution in [-0.4, -0.2) is 96.7 Å². The minimum Gasteiger partial charge on any atom is -0.462 e. The molecular formula is C81H158O17P2. The minimum absolute atomic E-state index is 0.106. The predicted octanol–water partition coefficient (Wildman–Crippen LogP) is 24.0. The average molecular weight is 1470 g/mol. The number of carbonyl (C=O) groups is 4. The average Bonchev–Trinajstić information content (AvgIpc) is 0.980. The molecule has 0 aliphatic carbocycles. The van der Waals surface area contributed by atoms with Crippen molar-refractivity contribution in [2.75, 3.05) is 39.6 Å². The molecule has 0 aromatic rings. The number of aliphatic hydroxyl groups excluding tert-OH is 1. The van der Waals surface area contributed by atoms with E-state index in [4.69, 9.17) is 37.0 Å². The van der Waals surface area contributed by atoms with Gasteiger partial charge >= 0.3 is 39.5 Å². The van der Waals surface area contributed by atoms with Gasteiger partial charge in [0.15, 0.2) is 12.2 Å². The lowest BCUT2D eigenvalue weighted by Gasteiger charge is -2.21. The number of rotatable bonds is 78. The molecule has 0 bridgehead atoms. The third kappa shape index (κ3) is 71.7. The van der Waals surface area contributed by atoms with Crippen molar-refractivity contribution in [3.8, 4) is 0 Å². The number of phosphoric acid groups is 2. The molecule has 5 unspecified atom stereocenters. The van der Waals surface area contributed by atoms with E-state index in [1.165, 1.54) is 212 Å². The van der Waals surface area contributed by atoms with Gasteiger partial charge in [-0.1, -0.05) is 364 Å². The summed E-state index contributed by atoms with van der Waals surface area (Å²) < 4.78 is 68.7. The Labute approximate surface area is 613 Å². The molecule has 0 amide bonds. The zero-order valence-corrected chi connectivity index (χ0v) is 67.6. The van der Waals surface area contributed by atoms with Crippen LogP contribution in [0.5, 0.6) is 0 Å². The van der Waals surface area contributed by atoms with Crippen molar-refractivity contribution < 1.29 is 80.2 Å². The molecule has 100 heavy (non-hydrogen) atoms. The normalized spacial score (nSPS) is 14.6. The quantitative estimate of drug-likeness (QED) is 0.0222. The molecule has 0 aliphatic heterocycles. The molecule has 594 valence electrons. The number of unbranched alkanes of at least 4 members (excludes halogenated alkanes) is 42. The summed E-state index contributed by atoms with van der Waals surface area (Å²) in [5.41, 5.74) is 0. The van der Waals surface area contributed by atoms with Crippen molar-refractivity contribution in [2.24, 2.45) is 23.7 Å². The van der Waals surface area contributed by atoms with Crippen molar-refractivity contribution in [3.05, 3.63) is 0 Å². The lowest BCUT2D eigenvalue weighted by Crippen LogP contribution is -2.30. The number of aliphatic hydroxyl groups is 1. The zero-order chi connectivity index (χ0) is 73.8. The second kappa shape index (κ2) is 70.1. The van der Waals surface area contributed by atoms with E-state index >= 15 is 0 Å². The molecule has 7 atom stereocenters. The predicted molar refractivity (Wildman–Crippen MR) is 409 cm³/mol. The first kappa shape index (κ1) is 98.1. The highest BCUT2D eigenvalue weighted by Crippen LogP contribution is 2.45. The van der Waals surface area contributed by atoms with Gasteiger partial charge < -0.3 is 33.8 Å². The Kier molecular flexibility index (Phi) is 68.7. The molecule has 0 rings (SSSR count). The van der Waals surface area contributed by atoms with Crippen LogP contribution in [0.4, 0.5) is 0 Å². The van der Waals surface area contributed by atoms with Crippen LogP contribution >= 0.6 is 15.6 Å². The summed E-state index contributed by atoms with van der Waals surface area (Å²) in [4.78, 5) is 73.0. The molecule has 0 heterocycles. The molecule has 17 nitrogen and oxygen atoms in total. The number of ether oxygens (including phenoxy) is 4. The molecular weight excluding hydrogens is 1310 g/mol. The summed E-state index contributed by atoms with van der Waals surface area (Å²) in [6, 6.07) is 0. The van der Waals surface area contributed by atoms with Gasteiger partial charge in [-0.2, -0.15) is 0 Å². The number of hydrogen-bond donors (Lipinski definition) is 3. The summed E-state index contributed by atoms with van der Waals surface area (Å²) in [6.07, 6.45) is 56.9. The van der Waals surface area contributed by atoms with E-state index in [1.54, 1.807) is 0 Å². The summed E-state index contributed by atoms with van der Waals surface area (Å²) in [6.45, 7) is 14.3. The highest BCUT2D eigenvalue weighted by molar-refractivity contribution is 7.47. The van der Waals surface area contributed by atoms with Crippen LogP contribution in [0.2, 0.25) is 0 Å². The van der Waals surface area contributed by atoms with Crippen molar-refractivity contribution in [3.63, 3.8) is 0 Å². The van der Waals surface area contributed by atoms with Gasteiger partial charge in [-0.15, -0.1) is 0 Å². The first-order chi connectivity index (χ1) is 48.2. The Hall–Kier alpha value is -1.94. The zero-order valence-electron chi connectivity index (χ0n) is 65.8. The van der Waals surface area contributed by atoms with E-state index in [-0.39, 0.29) is 25.7 Å². The fourth-order valence-electron chi connectivity index (χ4n) is 12.4. The lowest BCUT2D eigenvalue weighted by atomic mass is 9.99. The maximum atomic E-state index is 13.1.